The molecule has 1 aliphatic heterocycles. The fourth-order valence-electron chi connectivity index (χ4n) is 2.12. The highest BCUT2D eigenvalue weighted by atomic mass is 32.2. The van der Waals surface area contributed by atoms with Crippen LogP contribution >= 0.6 is 11.8 Å². The Kier molecular flexibility index (Phi) is 5.31. The first-order chi connectivity index (χ1) is 8.65. The number of thioether (sulfide) groups is 1. The Morgan fingerprint density at radius 1 is 1.37 bits per heavy atom. The Labute approximate surface area is 120 Å². The summed E-state index contributed by atoms with van der Waals surface area (Å²) in [6.07, 6.45) is 3.83. The zero-order valence-electron chi connectivity index (χ0n) is 12.1. The molecule has 0 aromatic carbocycles. The van der Waals surface area contributed by atoms with Gasteiger partial charge in [0.2, 0.25) is 5.91 Å². The third-order valence-corrected chi connectivity index (χ3v) is 7.02. The summed E-state index contributed by atoms with van der Waals surface area (Å²) in [5.41, 5.74) is 0. The molecule has 1 fully saturated rings. The highest BCUT2D eigenvalue weighted by molar-refractivity contribution is 7.99. The van der Waals surface area contributed by atoms with Crippen LogP contribution in [-0.4, -0.2) is 56.0 Å². The minimum absolute atomic E-state index is 0.0960. The summed E-state index contributed by atoms with van der Waals surface area (Å²) >= 11 is 1.65. The van der Waals surface area contributed by atoms with Crippen LogP contribution in [0.15, 0.2) is 0 Å². The molecule has 0 atom stereocenters. The lowest BCUT2D eigenvalue weighted by Crippen LogP contribution is -2.58. The van der Waals surface area contributed by atoms with E-state index < -0.39 is 14.6 Å². The van der Waals surface area contributed by atoms with E-state index in [2.05, 4.69) is 10.6 Å². The van der Waals surface area contributed by atoms with Crippen LogP contribution in [0, 0.1) is 0 Å². The number of piperidine rings is 1. The van der Waals surface area contributed by atoms with Crippen LogP contribution in [0.3, 0.4) is 0 Å². The molecule has 1 amide bonds. The minimum atomic E-state index is -3.42. The normalized spacial score (nSPS) is 20.0. The number of hydrogen-bond donors (Lipinski definition) is 2. The Morgan fingerprint density at radius 3 is 2.32 bits per heavy atom. The van der Waals surface area contributed by atoms with Gasteiger partial charge in [-0.2, -0.15) is 11.8 Å². The zero-order chi connectivity index (χ0) is 14.7. The summed E-state index contributed by atoms with van der Waals surface area (Å²) in [5.74, 6) is -0.348. The summed E-state index contributed by atoms with van der Waals surface area (Å²) in [5, 5.41) is 5.93. The molecule has 0 aromatic heterocycles. The molecule has 19 heavy (non-hydrogen) atoms. The van der Waals surface area contributed by atoms with E-state index in [9.17, 15) is 13.2 Å². The summed E-state index contributed by atoms with van der Waals surface area (Å²) in [6.45, 7) is 5.64. The van der Waals surface area contributed by atoms with Crippen molar-refractivity contribution in [2.45, 2.75) is 36.2 Å². The smallest absolute Gasteiger partial charge is 0.241 e. The van der Waals surface area contributed by atoms with Gasteiger partial charge in [0, 0.05) is 17.5 Å². The van der Waals surface area contributed by atoms with E-state index >= 15 is 0 Å². The quantitative estimate of drug-likeness (QED) is 0.769. The van der Waals surface area contributed by atoms with Crippen LogP contribution in [0.2, 0.25) is 0 Å². The lowest BCUT2D eigenvalue weighted by Gasteiger charge is -2.35. The third kappa shape index (κ3) is 3.86. The van der Waals surface area contributed by atoms with Crippen molar-refractivity contribution in [3.05, 3.63) is 0 Å². The predicted octanol–water partition coefficient (Wildman–Crippen LogP) is 0.411. The largest absolute Gasteiger partial charge is 0.353 e. The summed E-state index contributed by atoms with van der Waals surface area (Å²) in [4.78, 5) is 12.4. The number of carbonyl (C=O) groups excluding carboxylic acids is 1. The van der Waals surface area contributed by atoms with Gasteiger partial charge in [0.25, 0.3) is 0 Å². The average Bonchev–Trinajstić information content (AvgIpc) is 2.35. The van der Waals surface area contributed by atoms with Gasteiger partial charge in [0.1, 0.15) is 0 Å². The summed E-state index contributed by atoms with van der Waals surface area (Å²) in [7, 11) is -3.42. The van der Waals surface area contributed by atoms with E-state index in [1.807, 2.05) is 20.1 Å². The summed E-state index contributed by atoms with van der Waals surface area (Å²) < 4.78 is 22.7. The van der Waals surface area contributed by atoms with Crippen molar-refractivity contribution in [2.24, 2.45) is 0 Å². The van der Waals surface area contributed by atoms with Crippen LogP contribution < -0.4 is 10.6 Å². The fourth-order valence-corrected chi connectivity index (χ4v) is 3.69. The van der Waals surface area contributed by atoms with Gasteiger partial charge < -0.3 is 10.6 Å². The molecular weight excluding hydrogens is 284 g/mol. The average molecular weight is 308 g/mol. The first-order valence-electron chi connectivity index (χ1n) is 6.38. The second kappa shape index (κ2) is 6.01. The maximum Gasteiger partial charge on any atom is 0.241 e. The van der Waals surface area contributed by atoms with Gasteiger partial charge in [-0.25, -0.2) is 8.42 Å². The first-order valence-corrected chi connectivity index (χ1v) is 9.50. The van der Waals surface area contributed by atoms with E-state index in [1.165, 1.54) is 0 Å². The van der Waals surface area contributed by atoms with Crippen molar-refractivity contribution in [1.82, 2.24) is 10.6 Å². The standard InChI is InChI=1S/C12H24N2O3S2/c1-11(2,18-3)9-14-10(15)12(19(4,16)17)5-7-13-8-6-12/h13H,5-9H2,1-4H3,(H,14,15). The van der Waals surface area contributed by atoms with Crippen LogP contribution in [-0.2, 0) is 14.6 Å². The molecule has 5 nitrogen and oxygen atoms in total. The van der Waals surface area contributed by atoms with E-state index in [1.54, 1.807) is 11.8 Å². The Hall–Kier alpha value is -0.270. The molecule has 7 heteroatoms. The zero-order valence-corrected chi connectivity index (χ0v) is 13.7. The van der Waals surface area contributed by atoms with Crippen LogP contribution in [0.4, 0.5) is 0 Å². The first kappa shape index (κ1) is 16.8. The molecule has 1 aliphatic rings. The van der Waals surface area contributed by atoms with E-state index in [4.69, 9.17) is 0 Å². The fraction of sp³-hybridized carbons (Fsp3) is 0.917. The number of amides is 1. The molecule has 0 spiro atoms. The molecule has 0 aliphatic carbocycles. The molecule has 0 aromatic rings. The predicted molar refractivity (Wildman–Crippen MR) is 80.3 cm³/mol. The van der Waals surface area contributed by atoms with Gasteiger partial charge in [-0.15, -0.1) is 0 Å². The van der Waals surface area contributed by atoms with E-state index in [0.717, 1.165) is 6.26 Å². The van der Waals surface area contributed by atoms with Crippen LogP contribution in [0.25, 0.3) is 0 Å². The van der Waals surface area contributed by atoms with E-state index in [-0.39, 0.29) is 10.7 Å². The topological polar surface area (TPSA) is 75.3 Å². The van der Waals surface area contributed by atoms with Crippen molar-refractivity contribution in [3.8, 4) is 0 Å². The SMILES string of the molecule is CSC(C)(C)CNC(=O)C1(S(C)(=O)=O)CCNCC1. The Morgan fingerprint density at radius 2 is 1.89 bits per heavy atom. The molecule has 1 heterocycles. The van der Waals surface area contributed by atoms with Gasteiger partial charge in [-0.1, -0.05) is 0 Å². The molecule has 0 bridgehead atoms. The third-order valence-electron chi connectivity index (χ3n) is 3.76. The number of rotatable bonds is 5. The van der Waals surface area contributed by atoms with Crippen molar-refractivity contribution in [2.75, 3.05) is 32.1 Å². The van der Waals surface area contributed by atoms with Crippen molar-refractivity contribution >= 4 is 27.5 Å². The van der Waals surface area contributed by atoms with Gasteiger partial charge in [0.15, 0.2) is 14.6 Å². The molecule has 1 rings (SSSR count). The van der Waals surface area contributed by atoms with Gasteiger partial charge in [-0.3, -0.25) is 4.79 Å². The maximum absolute atomic E-state index is 12.4. The Bertz CT molecular complexity index is 426. The minimum Gasteiger partial charge on any atom is -0.353 e. The Balaban J connectivity index is 2.85. The molecule has 0 radical (unpaired) electrons. The lowest BCUT2D eigenvalue weighted by atomic mass is 9.95. The van der Waals surface area contributed by atoms with Gasteiger partial charge in [0.05, 0.1) is 0 Å². The summed E-state index contributed by atoms with van der Waals surface area (Å²) in [6, 6.07) is 0. The molecule has 1 saturated heterocycles. The number of hydrogen-bond acceptors (Lipinski definition) is 5. The number of sulfone groups is 1. The number of nitrogens with one attached hydrogen (secondary N) is 2. The molecule has 0 saturated carbocycles. The van der Waals surface area contributed by atoms with Crippen molar-refractivity contribution < 1.29 is 13.2 Å². The van der Waals surface area contributed by atoms with Crippen molar-refractivity contribution in [3.63, 3.8) is 0 Å². The monoisotopic (exact) mass is 308 g/mol. The lowest BCUT2D eigenvalue weighted by molar-refractivity contribution is -0.124. The highest BCUT2D eigenvalue weighted by Crippen LogP contribution is 2.28. The molecule has 0 unspecified atom stereocenters. The van der Waals surface area contributed by atoms with Gasteiger partial charge >= 0.3 is 0 Å². The van der Waals surface area contributed by atoms with E-state index in [0.29, 0.717) is 32.5 Å². The molecule has 112 valence electrons. The molecule has 2 N–H and O–H groups in total. The highest BCUT2D eigenvalue weighted by Gasteiger charge is 2.48. The second-order valence-electron chi connectivity index (χ2n) is 5.66. The van der Waals surface area contributed by atoms with Crippen molar-refractivity contribution in [1.29, 1.82) is 0 Å². The number of carbonyl (C=O) groups is 1. The van der Waals surface area contributed by atoms with Crippen LogP contribution in [0.5, 0.6) is 0 Å². The second-order valence-corrected chi connectivity index (χ2v) is 9.50. The molecular formula is C12H24N2O3S2. The van der Waals surface area contributed by atoms with Crippen LogP contribution in [0.1, 0.15) is 26.7 Å². The van der Waals surface area contributed by atoms with Gasteiger partial charge in [-0.05, 0) is 46.0 Å². The maximum atomic E-state index is 12.4.